The van der Waals surface area contributed by atoms with Crippen LogP contribution in [0.25, 0.3) is 0 Å². The number of carbonyl (C=O) groups is 3. The Hall–Kier alpha value is -2.03. The lowest BCUT2D eigenvalue weighted by atomic mass is 10.4. The highest BCUT2D eigenvalue weighted by atomic mass is 32.2. The van der Waals surface area contributed by atoms with Gasteiger partial charge in [-0.15, -0.1) is 11.8 Å². The molecule has 1 aliphatic carbocycles. The zero-order chi connectivity index (χ0) is 16.8. The van der Waals surface area contributed by atoms with Crippen LogP contribution in [0.2, 0.25) is 0 Å². The highest BCUT2D eigenvalue weighted by molar-refractivity contribution is 8.01. The van der Waals surface area contributed by atoms with Crippen molar-refractivity contribution in [2.24, 2.45) is 0 Å². The second-order valence-electron chi connectivity index (χ2n) is 5.38. The summed E-state index contributed by atoms with van der Waals surface area (Å²) in [7, 11) is 0. The van der Waals surface area contributed by atoms with Crippen molar-refractivity contribution in [2.45, 2.75) is 38.0 Å². The van der Waals surface area contributed by atoms with Gasteiger partial charge in [-0.25, -0.2) is 0 Å². The van der Waals surface area contributed by atoms with E-state index in [-0.39, 0.29) is 36.1 Å². The third-order valence-electron chi connectivity index (χ3n) is 3.10. The number of hydrogen-bond acceptors (Lipinski definition) is 6. The Bertz CT molecular complexity index is 585. The topological polar surface area (TPSA) is 113 Å². The van der Waals surface area contributed by atoms with Crippen molar-refractivity contribution >= 4 is 35.3 Å². The first-order valence-electron chi connectivity index (χ1n) is 7.36. The summed E-state index contributed by atoms with van der Waals surface area (Å²) >= 11 is 1.18. The third kappa shape index (κ3) is 6.31. The molecule has 0 spiro atoms. The van der Waals surface area contributed by atoms with E-state index in [1.165, 1.54) is 11.8 Å². The quantitative estimate of drug-likeness (QED) is 0.633. The number of thioether (sulfide) groups is 1. The zero-order valence-corrected chi connectivity index (χ0v) is 13.9. The zero-order valence-electron chi connectivity index (χ0n) is 13.0. The van der Waals surface area contributed by atoms with Crippen molar-refractivity contribution < 1.29 is 18.9 Å². The van der Waals surface area contributed by atoms with E-state index in [1.54, 1.807) is 19.9 Å². The van der Waals surface area contributed by atoms with Crippen molar-refractivity contribution in [1.82, 2.24) is 15.8 Å². The van der Waals surface area contributed by atoms with Crippen LogP contribution >= 0.6 is 11.8 Å². The molecule has 9 heteroatoms. The molecule has 126 valence electrons. The molecule has 1 atom stereocenters. The highest BCUT2D eigenvalue weighted by Crippen LogP contribution is 2.18. The monoisotopic (exact) mass is 340 g/mol. The van der Waals surface area contributed by atoms with Gasteiger partial charge < -0.3 is 20.5 Å². The molecule has 8 nitrogen and oxygen atoms in total. The Balaban J connectivity index is 1.62. The summed E-state index contributed by atoms with van der Waals surface area (Å²) in [5.74, 6) is 0.326. The number of nitrogens with zero attached hydrogens (tertiary/aromatic N) is 1. The Morgan fingerprint density at radius 3 is 2.74 bits per heavy atom. The smallest absolute Gasteiger partial charge is 0.239 e. The summed E-state index contributed by atoms with van der Waals surface area (Å²) < 4.78 is 4.86. The van der Waals surface area contributed by atoms with Gasteiger partial charge in [0.1, 0.15) is 5.76 Å². The van der Waals surface area contributed by atoms with Gasteiger partial charge in [0.2, 0.25) is 17.7 Å². The first kappa shape index (κ1) is 17.3. The van der Waals surface area contributed by atoms with Crippen LogP contribution < -0.4 is 16.0 Å². The van der Waals surface area contributed by atoms with Gasteiger partial charge in [-0.3, -0.25) is 14.4 Å². The summed E-state index contributed by atoms with van der Waals surface area (Å²) in [5, 5.41) is 11.2. The normalized spacial score (nSPS) is 14.9. The molecule has 0 aromatic carbocycles. The molecule has 0 aliphatic heterocycles. The number of amides is 3. The maximum atomic E-state index is 11.9. The van der Waals surface area contributed by atoms with Crippen molar-refractivity contribution in [3.8, 4) is 0 Å². The third-order valence-corrected chi connectivity index (χ3v) is 4.24. The number of nitrogens with one attached hydrogen (secondary N) is 3. The standard InChI is InChI=1S/C14H20N4O4S/c1-8-5-11(18-22-8)17-14(21)9(2)23-7-13(20)15-6-12(19)16-10-3-4-10/h5,9-10H,3-4,6-7H2,1-2H3,(H,15,20)(H,16,19)(H,17,18,21). The van der Waals surface area contributed by atoms with Crippen LogP contribution in [0.15, 0.2) is 10.6 Å². The minimum atomic E-state index is -0.432. The van der Waals surface area contributed by atoms with Gasteiger partial charge in [0, 0.05) is 12.1 Å². The number of rotatable bonds is 8. The molecule has 0 radical (unpaired) electrons. The molecular weight excluding hydrogens is 320 g/mol. The van der Waals surface area contributed by atoms with Gasteiger partial charge in [-0.1, -0.05) is 5.16 Å². The van der Waals surface area contributed by atoms with Crippen molar-refractivity contribution in [3.05, 3.63) is 11.8 Å². The molecule has 2 rings (SSSR count). The number of hydrogen-bond donors (Lipinski definition) is 3. The number of anilines is 1. The van der Waals surface area contributed by atoms with E-state index in [2.05, 4.69) is 21.1 Å². The van der Waals surface area contributed by atoms with E-state index in [1.807, 2.05) is 0 Å². The predicted molar refractivity (Wildman–Crippen MR) is 86.0 cm³/mol. The fourth-order valence-corrected chi connectivity index (χ4v) is 2.38. The summed E-state index contributed by atoms with van der Waals surface area (Å²) in [4.78, 5) is 35.0. The predicted octanol–water partition coefficient (Wildman–Crippen LogP) is 0.438. The minimum Gasteiger partial charge on any atom is -0.360 e. The molecule has 23 heavy (non-hydrogen) atoms. The Kier molecular flexibility index (Phi) is 6.03. The molecule has 1 aromatic rings. The van der Waals surface area contributed by atoms with E-state index in [4.69, 9.17) is 4.52 Å². The molecule has 1 unspecified atom stereocenters. The van der Waals surface area contributed by atoms with E-state index in [0.29, 0.717) is 11.6 Å². The molecule has 1 fully saturated rings. The summed E-state index contributed by atoms with van der Waals surface area (Å²) in [6, 6.07) is 1.89. The SMILES string of the molecule is Cc1cc(NC(=O)C(C)SCC(=O)NCC(=O)NC2CC2)no1. The molecular formula is C14H20N4O4S. The minimum absolute atomic E-state index is 0.0330. The van der Waals surface area contributed by atoms with Crippen LogP contribution in [-0.2, 0) is 14.4 Å². The summed E-state index contributed by atoms with van der Waals surface area (Å²) in [5.41, 5.74) is 0. The van der Waals surface area contributed by atoms with Gasteiger partial charge >= 0.3 is 0 Å². The van der Waals surface area contributed by atoms with Gasteiger partial charge in [0.05, 0.1) is 17.5 Å². The van der Waals surface area contributed by atoms with Gasteiger partial charge in [-0.2, -0.15) is 0 Å². The first-order chi connectivity index (χ1) is 10.9. The second-order valence-corrected chi connectivity index (χ2v) is 6.71. The van der Waals surface area contributed by atoms with Gasteiger partial charge in [0.15, 0.2) is 5.82 Å². The second kappa shape index (κ2) is 8.00. The maximum Gasteiger partial charge on any atom is 0.239 e. The first-order valence-corrected chi connectivity index (χ1v) is 8.41. The Morgan fingerprint density at radius 2 is 2.13 bits per heavy atom. The van der Waals surface area contributed by atoms with Gasteiger partial charge in [-0.05, 0) is 26.7 Å². The molecule has 1 aromatic heterocycles. The largest absolute Gasteiger partial charge is 0.360 e. The van der Waals surface area contributed by atoms with Crippen molar-refractivity contribution in [1.29, 1.82) is 0 Å². The number of aryl methyl sites for hydroxylation is 1. The van der Waals surface area contributed by atoms with Crippen LogP contribution in [0.4, 0.5) is 5.82 Å². The molecule has 1 saturated carbocycles. The Labute approximate surface area is 138 Å². The lowest BCUT2D eigenvalue weighted by Gasteiger charge is -2.10. The summed E-state index contributed by atoms with van der Waals surface area (Å²) in [6.45, 7) is 3.39. The molecule has 1 heterocycles. The van der Waals surface area contributed by atoms with Crippen LogP contribution in [0.5, 0.6) is 0 Å². The van der Waals surface area contributed by atoms with E-state index >= 15 is 0 Å². The summed E-state index contributed by atoms with van der Waals surface area (Å²) in [6.07, 6.45) is 2.01. The maximum absolute atomic E-state index is 11.9. The fourth-order valence-electron chi connectivity index (χ4n) is 1.67. The van der Waals surface area contributed by atoms with Crippen molar-refractivity contribution in [2.75, 3.05) is 17.6 Å². The van der Waals surface area contributed by atoms with Crippen LogP contribution in [-0.4, -0.2) is 46.5 Å². The molecule has 0 bridgehead atoms. The highest BCUT2D eigenvalue weighted by Gasteiger charge is 2.23. The average Bonchev–Trinajstić information content (AvgIpc) is 3.23. The lowest BCUT2D eigenvalue weighted by molar-refractivity contribution is -0.124. The van der Waals surface area contributed by atoms with Crippen LogP contribution in [0, 0.1) is 6.92 Å². The number of aromatic nitrogens is 1. The van der Waals surface area contributed by atoms with Gasteiger partial charge in [0.25, 0.3) is 0 Å². The van der Waals surface area contributed by atoms with Crippen LogP contribution in [0.1, 0.15) is 25.5 Å². The molecule has 3 N–H and O–H groups in total. The molecule has 0 saturated heterocycles. The fraction of sp³-hybridized carbons (Fsp3) is 0.571. The van der Waals surface area contributed by atoms with Crippen LogP contribution in [0.3, 0.4) is 0 Å². The van der Waals surface area contributed by atoms with E-state index in [9.17, 15) is 14.4 Å². The van der Waals surface area contributed by atoms with Crippen molar-refractivity contribution in [3.63, 3.8) is 0 Å². The lowest BCUT2D eigenvalue weighted by Crippen LogP contribution is -2.38. The van der Waals surface area contributed by atoms with E-state index < -0.39 is 5.25 Å². The molecule has 1 aliphatic rings. The Morgan fingerprint density at radius 1 is 1.39 bits per heavy atom. The average molecular weight is 340 g/mol. The van der Waals surface area contributed by atoms with E-state index in [0.717, 1.165) is 12.8 Å². The molecule has 3 amide bonds. The number of carbonyl (C=O) groups excluding carboxylic acids is 3.